The van der Waals surface area contributed by atoms with Crippen LogP contribution >= 0.6 is 0 Å². The van der Waals surface area contributed by atoms with Crippen molar-refractivity contribution in [3.8, 4) is 5.75 Å². The van der Waals surface area contributed by atoms with Crippen molar-refractivity contribution in [2.45, 2.75) is 19.4 Å². The minimum absolute atomic E-state index is 0.0693. The van der Waals surface area contributed by atoms with Gasteiger partial charge in [0.05, 0.1) is 5.71 Å². The lowest BCUT2D eigenvalue weighted by molar-refractivity contribution is -0.145. The second-order valence-electron chi connectivity index (χ2n) is 5.35. The molecule has 0 amide bonds. The van der Waals surface area contributed by atoms with Crippen molar-refractivity contribution in [2.75, 3.05) is 0 Å². The van der Waals surface area contributed by atoms with E-state index >= 15 is 0 Å². The van der Waals surface area contributed by atoms with Crippen molar-refractivity contribution < 1.29 is 23.6 Å². The SMILES string of the molecule is CC(=O)c1ccc(OC(=O)[C@@H]2CC(c3cccc(F)c3)=NO2)cc1. The summed E-state index contributed by atoms with van der Waals surface area (Å²) in [5.74, 6) is -0.736. The van der Waals surface area contributed by atoms with Gasteiger partial charge in [-0.1, -0.05) is 17.3 Å². The summed E-state index contributed by atoms with van der Waals surface area (Å²) in [6.45, 7) is 1.46. The zero-order valence-corrected chi connectivity index (χ0v) is 12.9. The van der Waals surface area contributed by atoms with Crippen LogP contribution in [0.4, 0.5) is 4.39 Å². The molecule has 0 radical (unpaired) electrons. The second kappa shape index (κ2) is 6.62. The van der Waals surface area contributed by atoms with Gasteiger partial charge in [0.1, 0.15) is 11.6 Å². The number of hydrogen-bond donors (Lipinski definition) is 0. The first-order chi connectivity index (χ1) is 11.5. The van der Waals surface area contributed by atoms with Crippen LogP contribution in [0.25, 0.3) is 0 Å². The quantitative estimate of drug-likeness (QED) is 0.492. The minimum Gasteiger partial charge on any atom is -0.424 e. The van der Waals surface area contributed by atoms with Gasteiger partial charge in [-0.15, -0.1) is 0 Å². The molecule has 2 aromatic rings. The van der Waals surface area contributed by atoms with E-state index in [2.05, 4.69) is 5.16 Å². The summed E-state index contributed by atoms with van der Waals surface area (Å²) in [5, 5.41) is 3.83. The predicted molar refractivity (Wildman–Crippen MR) is 84.5 cm³/mol. The molecule has 0 aliphatic carbocycles. The first kappa shape index (κ1) is 15.9. The Morgan fingerprint density at radius 2 is 1.96 bits per heavy atom. The fraction of sp³-hybridized carbons (Fsp3) is 0.167. The summed E-state index contributed by atoms with van der Waals surface area (Å²) < 4.78 is 18.5. The molecule has 0 bridgehead atoms. The van der Waals surface area contributed by atoms with Crippen LogP contribution in [-0.2, 0) is 9.63 Å². The zero-order chi connectivity index (χ0) is 17.1. The van der Waals surface area contributed by atoms with Crippen LogP contribution in [0.2, 0.25) is 0 Å². The highest BCUT2D eigenvalue weighted by Crippen LogP contribution is 2.20. The maximum absolute atomic E-state index is 13.2. The van der Waals surface area contributed by atoms with Crippen molar-refractivity contribution >= 4 is 17.5 Å². The van der Waals surface area contributed by atoms with Crippen LogP contribution < -0.4 is 4.74 Å². The van der Waals surface area contributed by atoms with Crippen LogP contribution in [0.1, 0.15) is 29.3 Å². The van der Waals surface area contributed by atoms with Gasteiger partial charge in [-0.05, 0) is 43.3 Å². The van der Waals surface area contributed by atoms with Gasteiger partial charge < -0.3 is 9.57 Å². The number of carbonyl (C=O) groups excluding carboxylic acids is 2. The number of ether oxygens (including phenoxy) is 1. The van der Waals surface area contributed by atoms with Crippen LogP contribution in [0.15, 0.2) is 53.7 Å². The summed E-state index contributed by atoms with van der Waals surface area (Å²) in [5.41, 5.74) is 1.59. The molecule has 5 nitrogen and oxygen atoms in total. The maximum atomic E-state index is 13.2. The Balaban J connectivity index is 1.62. The number of ketones is 1. The molecule has 24 heavy (non-hydrogen) atoms. The molecule has 0 saturated carbocycles. The highest BCUT2D eigenvalue weighted by Gasteiger charge is 2.30. The molecule has 6 heteroatoms. The molecular weight excluding hydrogens is 313 g/mol. The van der Waals surface area contributed by atoms with Crippen LogP contribution in [-0.4, -0.2) is 23.6 Å². The van der Waals surface area contributed by atoms with Crippen molar-refractivity contribution in [1.29, 1.82) is 0 Å². The normalized spacial score (nSPS) is 16.2. The third-order valence-electron chi connectivity index (χ3n) is 3.57. The standard InChI is InChI=1S/C18H14FNO4/c1-11(21)12-5-7-15(8-6-12)23-18(22)17-10-16(20-24-17)13-3-2-4-14(19)9-13/h2-9,17H,10H2,1H3/t17-/m0/s1. The van der Waals surface area contributed by atoms with Gasteiger partial charge in [-0.2, -0.15) is 0 Å². The third-order valence-corrected chi connectivity index (χ3v) is 3.57. The molecule has 0 saturated heterocycles. The average Bonchev–Trinajstić information content (AvgIpc) is 3.05. The van der Waals surface area contributed by atoms with Gasteiger partial charge in [0.2, 0.25) is 6.10 Å². The van der Waals surface area contributed by atoms with Crippen molar-refractivity contribution in [2.24, 2.45) is 5.16 Å². The Morgan fingerprint density at radius 1 is 1.21 bits per heavy atom. The second-order valence-corrected chi connectivity index (χ2v) is 5.35. The highest BCUT2D eigenvalue weighted by atomic mass is 19.1. The molecule has 0 spiro atoms. The Morgan fingerprint density at radius 3 is 2.62 bits per heavy atom. The molecule has 1 aliphatic heterocycles. The van der Waals surface area contributed by atoms with E-state index in [1.807, 2.05) is 0 Å². The first-order valence-corrected chi connectivity index (χ1v) is 7.34. The van der Waals surface area contributed by atoms with E-state index < -0.39 is 12.1 Å². The smallest absolute Gasteiger partial charge is 0.356 e. The lowest BCUT2D eigenvalue weighted by atomic mass is 10.1. The number of rotatable bonds is 4. The number of oxime groups is 1. The molecule has 1 heterocycles. The molecule has 1 aliphatic rings. The van der Waals surface area contributed by atoms with E-state index in [4.69, 9.17) is 9.57 Å². The number of halogens is 1. The van der Waals surface area contributed by atoms with Gasteiger partial charge >= 0.3 is 5.97 Å². The van der Waals surface area contributed by atoms with E-state index in [9.17, 15) is 14.0 Å². The maximum Gasteiger partial charge on any atom is 0.356 e. The number of Topliss-reactive ketones (excluding diaryl/α,β-unsaturated/α-hetero) is 1. The molecule has 0 aromatic heterocycles. The van der Waals surface area contributed by atoms with E-state index in [-0.39, 0.29) is 18.0 Å². The van der Waals surface area contributed by atoms with Crippen LogP contribution in [0.3, 0.4) is 0 Å². The summed E-state index contributed by atoms with van der Waals surface area (Å²) in [6, 6.07) is 12.2. The third kappa shape index (κ3) is 3.48. The summed E-state index contributed by atoms with van der Waals surface area (Å²) in [7, 11) is 0. The largest absolute Gasteiger partial charge is 0.424 e. The Bertz CT molecular complexity index is 814. The monoisotopic (exact) mass is 327 g/mol. The Kier molecular flexibility index (Phi) is 4.37. The summed E-state index contributed by atoms with van der Waals surface area (Å²) >= 11 is 0. The molecule has 0 unspecified atom stereocenters. The van der Waals surface area contributed by atoms with Crippen LogP contribution in [0.5, 0.6) is 5.75 Å². The number of benzene rings is 2. The van der Waals surface area contributed by atoms with E-state index in [0.29, 0.717) is 22.6 Å². The molecule has 122 valence electrons. The van der Waals surface area contributed by atoms with E-state index in [0.717, 1.165) is 0 Å². The van der Waals surface area contributed by atoms with Gasteiger partial charge in [0.15, 0.2) is 5.78 Å². The summed E-state index contributed by atoms with van der Waals surface area (Å²) in [6.07, 6.45) is -0.677. The number of carbonyl (C=O) groups is 2. The van der Waals surface area contributed by atoms with Gasteiger partial charge in [0.25, 0.3) is 0 Å². The van der Waals surface area contributed by atoms with Gasteiger partial charge in [0, 0.05) is 17.5 Å². The first-order valence-electron chi connectivity index (χ1n) is 7.34. The number of esters is 1. The van der Waals surface area contributed by atoms with Gasteiger partial charge in [-0.3, -0.25) is 4.79 Å². The Labute approximate surface area is 137 Å². The summed E-state index contributed by atoms with van der Waals surface area (Å²) in [4.78, 5) is 28.4. The number of hydrogen-bond acceptors (Lipinski definition) is 5. The van der Waals surface area contributed by atoms with Crippen molar-refractivity contribution in [1.82, 2.24) is 0 Å². The lowest BCUT2D eigenvalue weighted by Gasteiger charge is -2.08. The number of nitrogens with zero attached hydrogens (tertiary/aromatic N) is 1. The van der Waals surface area contributed by atoms with Crippen molar-refractivity contribution in [3.63, 3.8) is 0 Å². The fourth-order valence-corrected chi connectivity index (χ4v) is 2.28. The average molecular weight is 327 g/mol. The molecule has 0 N–H and O–H groups in total. The highest BCUT2D eigenvalue weighted by molar-refractivity contribution is 6.03. The zero-order valence-electron chi connectivity index (χ0n) is 12.9. The van der Waals surface area contributed by atoms with Crippen molar-refractivity contribution in [3.05, 3.63) is 65.5 Å². The fourth-order valence-electron chi connectivity index (χ4n) is 2.28. The molecular formula is C18H14FNO4. The topological polar surface area (TPSA) is 65.0 Å². The predicted octanol–water partition coefficient (Wildman–Crippen LogP) is 3.13. The Hall–Kier alpha value is -3.02. The van der Waals surface area contributed by atoms with E-state index in [1.165, 1.54) is 31.2 Å². The molecule has 0 fully saturated rings. The molecule has 3 rings (SSSR count). The minimum atomic E-state index is -0.879. The van der Waals surface area contributed by atoms with Crippen LogP contribution in [0, 0.1) is 5.82 Å². The lowest BCUT2D eigenvalue weighted by Crippen LogP contribution is -2.26. The van der Waals surface area contributed by atoms with E-state index in [1.54, 1.807) is 24.3 Å². The molecule has 2 aromatic carbocycles. The van der Waals surface area contributed by atoms with Gasteiger partial charge in [-0.25, -0.2) is 9.18 Å². The molecule has 1 atom stereocenters.